The number of likely N-dealkylation sites (tertiary alicyclic amines) is 1. The third kappa shape index (κ3) is 4.01. The van der Waals surface area contributed by atoms with Gasteiger partial charge in [0.2, 0.25) is 5.91 Å². The van der Waals surface area contributed by atoms with Crippen LogP contribution in [0.25, 0.3) is 0 Å². The molecule has 2 nitrogen and oxygen atoms in total. The lowest BCUT2D eigenvalue weighted by Gasteiger charge is -2.41. The molecule has 0 aromatic heterocycles. The summed E-state index contributed by atoms with van der Waals surface area (Å²) in [6.45, 7) is 6.13. The molecule has 0 N–H and O–H groups in total. The standard InChI is InChI=1S/C16H27NOS/c1-3-10-19-12-13(2)16(18)17-9-8-14-6-4-5-7-15(14)11-17/h12,14-15H,3-11H2,1-2H3/b13-12+. The summed E-state index contributed by atoms with van der Waals surface area (Å²) in [7, 11) is 0. The highest BCUT2D eigenvalue weighted by molar-refractivity contribution is 8.02. The van der Waals surface area contributed by atoms with Crippen LogP contribution < -0.4 is 0 Å². The first-order chi connectivity index (χ1) is 9.22. The van der Waals surface area contributed by atoms with Gasteiger partial charge in [-0.25, -0.2) is 0 Å². The number of carbonyl (C=O) groups is 1. The number of hydrogen-bond donors (Lipinski definition) is 0. The van der Waals surface area contributed by atoms with Gasteiger partial charge in [-0.2, -0.15) is 0 Å². The molecule has 0 aromatic rings. The van der Waals surface area contributed by atoms with E-state index in [2.05, 4.69) is 17.2 Å². The normalized spacial score (nSPS) is 28.1. The van der Waals surface area contributed by atoms with E-state index in [1.807, 2.05) is 6.92 Å². The van der Waals surface area contributed by atoms with Gasteiger partial charge in [0.25, 0.3) is 0 Å². The van der Waals surface area contributed by atoms with Crippen LogP contribution in [0.3, 0.4) is 0 Å². The van der Waals surface area contributed by atoms with Gasteiger partial charge in [0.1, 0.15) is 0 Å². The van der Waals surface area contributed by atoms with Crippen LogP contribution >= 0.6 is 11.8 Å². The molecular weight excluding hydrogens is 254 g/mol. The molecule has 2 fully saturated rings. The van der Waals surface area contributed by atoms with Gasteiger partial charge in [-0.15, -0.1) is 11.8 Å². The van der Waals surface area contributed by atoms with E-state index in [9.17, 15) is 4.79 Å². The highest BCUT2D eigenvalue weighted by Crippen LogP contribution is 2.36. The van der Waals surface area contributed by atoms with Crippen LogP contribution in [-0.4, -0.2) is 29.6 Å². The molecule has 1 aliphatic heterocycles. The number of amides is 1. The molecule has 1 amide bonds. The van der Waals surface area contributed by atoms with E-state index in [0.29, 0.717) is 0 Å². The Kier molecular flexibility index (Phi) is 5.80. The largest absolute Gasteiger partial charge is 0.339 e. The fourth-order valence-corrected chi connectivity index (χ4v) is 4.09. The summed E-state index contributed by atoms with van der Waals surface area (Å²) in [4.78, 5) is 14.5. The molecule has 108 valence electrons. The van der Waals surface area contributed by atoms with E-state index in [0.717, 1.165) is 42.7 Å². The summed E-state index contributed by atoms with van der Waals surface area (Å²) < 4.78 is 0. The Morgan fingerprint density at radius 1 is 1.26 bits per heavy atom. The Hall–Kier alpha value is -0.440. The lowest BCUT2D eigenvalue weighted by molar-refractivity contribution is -0.130. The maximum Gasteiger partial charge on any atom is 0.250 e. The molecule has 0 aromatic carbocycles. The molecule has 0 spiro atoms. The number of fused-ring (bicyclic) bond motifs is 1. The maximum absolute atomic E-state index is 12.4. The highest BCUT2D eigenvalue weighted by Gasteiger charge is 2.32. The average molecular weight is 281 g/mol. The van der Waals surface area contributed by atoms with Crippen molar-refractivity contribution in [3.8, 4) is 0 Å². The van der Waals surface area contributed by atoms with Crippen molar-refractivity contribution in [2.45, 2.75) is 52.4 Å². The van der Waals surface area contributed by atoms with Crippen molar-refractivity contribution in [1.29, 1.82) is 0 Å². The number of hydrogen-bond acceptors (Lipinski definition) is 2. The summed E-state index contributed by atoms with van der Waals surface area (Å²) in [5.74, 6) is 3.06. The Labute approximate surface area is 122 Å². The highest BCUT2D eigenvalue weighted by atomic mass is 32.2. The number of carbonyl (C=O) groups excluding carboxylic acids is 1. The van der Waals surface area contributed by atoms with Crippen molar-refractivity contribution in [1.82, 2.24) is 4.90 Å². The summed E-state index contributed by atoms with van der Waals surface area (Å²) in [6, 6.07) is 0. The maximum atomic E-state index is 12.4. The molecule has 2 rings (SSSR count). The van der Waals surface area contributed by atoms with Crippen molar-refractivity contribution in [3.05, 3.63) is 11.0 Å². The zero-order chi connectivity index (χ0) is 13.7. The number of nitrogens with zero attached hydrogens (tertiary/aromatic N) is 1. The topological polar surface area (TPSA) is 20.3 Å². The predicted molar refractivity (Wildman–Crippen MR) is 83.2 cm³/mol. The molecule has 3 heteroatoms. The first-order valence-corrected chi connectivity index (χ1v) is 8.85. The van der Waals surface area contributed by atoms with Gasteiger partial charge >= 0.3 is 0 Å². The molecule has 1 aliphatic carbocycles. The van der Waals surface area contributed by atoms with Gasteiger partial charge in [-0.1, -0.05) is 26.2 Å². The Bertz CT molecular complexity index is 340. The van der Waals surface area contributed by atoms with E-state index >= 15 is 0 Å². The van der Waals surface area contributed by atoms with Crippen molar-refractivity contribution in [2.24, 2.45) is 11.8 Å². The van der Waals surface area contributed by atoms with Gasteiger partial charge in [0, 0.05) is 18.7 Å². The molecule has 0 bridgehead atoms. The van der Waals surface area contributed by atoms with Crippen LogP contribution in [-0.2, 0) is 4.79 Å². The van der Waals surface area contributed by atoms with Crippen molar-refractivity contribution in [3.63, 3.8) is 0 Å². The van der Waals surface area contributed by atoms with Crippen LogP contribution in [0.2, 0.25) is 0 Å². The Morgan fingerprint density at radius 3 is 2.74 bits per heavy atom. The van der Waals surface area contributed by atoms with Crippen molar-refractivity contribution in [2.75, 3.05) is 18.8 Å². The number of thioether (sulfide) groups is 1. The summed E-state index contributed by atoms with van der Waals surface area (Å²) in [6.07, 6.45) is 7.89. The minimum atomic E-state index is 0.271. The minimum absolute atomic E-state index is 0.271. The van der Waals surface area contributed by atoms with E-state index in [4.69, 9.17) is 0 Å². The Balaban J connectivity index is 1.87. The molecule has 1 saturated carbocycles. The van der Waals surface area contributed by atoms with E-state index in [-0.39, 0.29) is 5.91 Å². The fourth-order valence-electron chi connectivity index (χ4n) is 3.39. The quantitative estimate of drug-likeness (QED) is 0.572. The molecule has 1 heterocycles. The first-order valence-electron chi connectivity index (χ1n) is 7.80. The summed E-state index contributed by atoms with van der Waals surface area (Å²) in [5.41, 5.74) is 0.924. The second-order valence-corrected chi connectivity index (χ2v) is 6.99. The molecule has 2 aliphatic rings. The predicted octanol–water partition coefficient (Wildman–Crippen LogP) is 4.07. The molecule has 2 unspecified atom stereocenters. The molecule has 0 radical (unpaired) electrons. The lowest BCUT2D eigenvalue weighted by Crippen LogP contribution is -2.45. The number of piperidine rings is 1. The van der Waals surface area contributed by atoms with Crippen LogP contribution in [0.4, 0.5) is 0 Å². The second kappa shape index (κ2) is 7.37. The van der Waals surface area contributed by atoms with Crippen molar-refractivity contribution >= 4 is 17.7 Å². The summed E-state index contributed by atoms with van der Waals surface area (Å²) in [5, 5.41) is 2.05. The van der Waals surface area contributed by atoms with Crippen LogP contribution in [0.15, 0.2) is 11.0 Å². The molecule has 19 heavy (non-hydrogen) atoms. The van der Waals surface area contributed by atoms with E-state index in [1.165, 1.54) is 32.1 Å². The Morgan fingerprint density at radius 2 is 2.00 bits per heavy atom. The third-order valence-corrected chi connectivity index (χ3v) is 5.66. The monoisotopic (exact) mass is 281 g/mol. The molecule has 1 saturated heterocycles. The van der Waals surface area contributed by atoms with Gasteiger partial charge in [-0.3, -0.25) is 4.79 Å². The lowest BCUT2D eigenvalue weighted by atomic mass is 9.75. The molecule has 2 atom stereocenters. The SMILES string of the molecule is CCCS/C=C(\C)C(=O)N1CCC2CCCCC2C1. The van der Waals surface area contributed by atoms with Gasteiger partial charge < -0.3 is 4.90 Å². The number of rotatable bonds is 4. The van der Waals surface area contributed by atoms with E-state index in [1.54, 1.807) is 11.8 Å². The van der Waals surface area contributed by atoms with E-state index < -0.39 is 0 Å². The van der Waals surface area contributed by atoms with Gasteiger partial charge in [-0.05, 0) is 49.2 Å². The van der Waals surface area contributed by atoms with Gasteiger partial charge in [0.15, 0.2) is 0 Å². The summed E-state index contributed by atoms with van der Waals surface area (Å²) >= 11 is 1.77. The smallest absolute Gasteiger partial charge is 0.250 e. The van der Waals surface area contributed by atoms with Crippen LogP contribution in [0.5, 0.6) is 0 Å². The van der Waals surface area contributed by atoms with Crippen LogP contribution in [0.1, 0.15) is 52.4 Å². The average Bonchev–Trinajstić information content (AvgIpc) is 2.46. The van der Waals surface area contributed by atoms with Gasteiger partial charge in [0.05, 0.1) is 0 Å². The fraction of sp³-hybridized carbons (Fsp3) is 0.812. The van der Waals surface area contributed by atoms with Crippen LogP contribution in [0, 0.1) is 11.8 Å². The zero-order valence-corrected chi connectivity index (χ0v) is 13.2. The van der Waals surface area contributed by atoms with Crippen molar-refractivity contribution < 1.29 is 4.79 Å². The second-order valence-electron chi connectivity index (χ2n) is 6.02. The zero-order valence-electron chi connectivity index (χ0n) is 12.4. The first kappa shape index (κ1) is 15.0. The molecular formula is C16H27NOS. The minimum Gasteiger partial charge on any atom is -0.339 e. The third-order valence-electron chi connectivity index (χ3n) is 4.50.